The van der Waals surface area contributed by atoms with Crippen LogP contribution in [0.1, 0.15) is 38.1 Å². The van der Waals surface area contributed by atoms with Crippen molar-refractivity contribution in [1.29, 1.82) is 0 Å². The zero-order valence-corrected chi connectivity index (χ0v) is 13.2. The first-order valence-corrected chi connectivity index (χ1v) is 7.28. The Labute approximate surface area is 125 Å². The summed E-state index contributed by atoms with van der Waals surface area (Å²) in [6.07, 6.45) is 2.27. The van der Waals surface area contributed by atoms with Crippen molar-refractivity contribution in [3.8, 4) is 0 Å². The standard InChI is InChI=1S/C17H21ClO2/c1-11(2)9-13-14(17(13,3)4)10-20-16(19)12-7-5-6-8-15(12)18/h5-9,13-14H,10H2,1-4H3/t13-,14-/m1/s1. The Hall–Kier alpha value is -1.28. The van der Waals surface area contributed by atoms with E-state index >= 15 is 0 Å². The van der Waals surface area contributed by atoms with Crippen molar-refractivity contribution < 1.29 is 9.53 Å². The van der Waals surface area contributed by atoms with Gasteiger partial charge in [0, 0.05) is 5.92 Å². The van der Waals surface area contributed by atoms with Crippen LogP contribution in [0, 0.1) is 17.3 Å². The van der Waals surface area contributed by atoms with Crippen LogP contribution in [0.15, 0.2) is 35.9 Å². The molecule has 0 amide bonds. The fourth-order valence-electron chi connectivity index (χ4n) is 2.66. The van der Waals surface area contributed by atoms with Crippen molar-refractivity contribution in [1.82, 2.24) is 0 Å². The van der Waals surface area contributed by atoms with Crippen molar-refractivity contribution in [2.24, 2.45) is 17.3 Å². The number of carbonyl (C=O) groups is 1. The Kier molecular flexibility index (Phi) is 4.24. The Morgan fingerprint density at radius 1 is 1.35 bits per heavy atom. The minimum Gasteiger partial charge on any atom is -0.462 e. The summed E-state index contributed by atoms with van der Waals surface area (Å²) in [6.45, 7) is 9.07. The molecule has 1 aliphatic rings. The van der Waals surface area contributed by atoms with Gasteiger partial charge in [0.05, 0.1) is 17.2 Å². The summed E-state index contributed by atoms with van der Waals surface area (Å²) in [7, 11) is 0. The highest BCUT2D eigenvalue weighted by Crippen LogP contribution is 2.59. The van der Waals surface area contributed by atoms with Gasteiger partial charge in [0.2, 0.25) is 0 Å². The topological polar surface area (TPSA) is 26.3 Å². The maximum absolute atomic E-state index is 12.0. The molecule has 2 atom stereocenters. The lowest BCUT2D eigenvalue weighted by Crippen LogP contribution is -2.10. The number of hydrogen-bond acceptors (Lipinski definition) is 2. The summed E-state index contributed by atoms with van der Waals surface area (Å²) in [4.78, 5) is 12.0. The third-order valence-electron chi connectivity index (χ3n) is 4.14. The average Bonchev–Trinajstić information content (AvgIpc) is 2.87. The molecule has 0 heterocycles. The largest absolute Gasteiger partial charge is 0.462 e. The van der Waals surface area contributed by atoms with Crippen LogP contribution in [0.5, 0.6) is 0 Å². The lowest BCUT2D eigenvalue weighted by Gasteiger charge is -2.06. The highest BCUT2D eigenvalue weighted by Gasteiger charge is 2.56. The highest BCUT2D eigenvalue weighted by molar-refractivity contribution is 6.33. The molecule has 0 N–H and O–H groups in total. The lowest BCUT2D eigenvalue weighted by molar-refractivity contribution is 0.0471. The van der Waals surface area contributed by atoms with Crippen LogP contribution in [-0.4, -0.2) is 12.6 Å². The second kappa shape index (κ2) is 5.61. The molecule has 108 valence electrons. The maximum Gasteiger partial charge on any atom is 0.339 e. The highest BCUT2D eigenvalue weighted by atomic mass is 35.5. The average molecular weight is 293 g/mol. The van der Waals surface area contributed by atoms with E-state index in [1.54, 1.807) is 24.3 Å². The van der Waals surface area contributed by atoms with E-state index in [0.717, 1.165) is 0 Å². The molecule has 0 bridgehead atoms. The SMILES string of the molecule is CC(C)=C[C@@H]1[C@@H](COC(=O)c2ccccc2Cl)C1(C)C. The fourth-order valence-corrected chi connectivity index (χ4v) is 2.88. The molecule has 2 rings (SSSR count). The third-order valence-corrected chi connectivity index (χ3v) is 4.47. The smallest absolute Gasteiger partial charge is 0.339 e. The van der Waals surface area contributed by atoms with Gasteiger partial charge in [-0.2, -0.15) is 0 Å². The van der Waals surface area contributed by atoms with Crippen LogP contribution in [-0.2, 0) is 4.74 Å². The number of halogens is 1. The van der Waals surface area contributed by atoms with Gasteiger partial charge in [-0.15, -0.1) is 0 Å². The molecule has 0 saturated heterocycles. The van der Waals surface area contributed by atoms with E-state index < -0.39 is 0 Å². The molecule has 3 heteroatoms. The van der Waals surface area contributed by atoms with Gasteiger partial charge in [0.15, 0.2) is 0 Å². The number of carbonyl (C=O) groups excluding carboxylic acids is 1. The van der Waals surface area contributed by atoms with Gasteiger partial charge in [-0.05, 0) is 37.3 Å². The van der Waals surface area contributed by atoms with Gasteiger partial charge in [-0.25, -0.2) is 4.79 Å². The number of benzene rings is 1. The zero-order chi connectivity index (χ0) is 14.9. The molecular formula is C17H21ClO2. The Morgan fingerprint density at radius 2 is 2.00 bits per heavy atom. The van der Waals surface area contributed by atoms with Crippen molar-refractivity contribution in [2.75, 3.05) is 6.61 Å². The molecule has 2 nitrogen and oxygen atoms in total. The molecule has 1 saturated carbocycles. The van der Waals surface area contributed by atoms with Crippen LogP contribution in [0.4, 0.5) is 0 Å². The number of esters is 1. The summed E-state index contributed by atoms with van der Waals surface area (Å²) < 4.78 is 5.43. The molecule has 0 unspecified atom stereocenters. The summed E-state index contributed by atoms with van der Waals surface area (Å²) in [6, 6.07) is 6.98. The van der Waals surface area contributed by atoms with Crippen LogP contribution >= 0.6 is 11.6 Å². The van der Waals surface area contributed by atoms with E-state index in [9.17, 15) is 4.79 Å². The molecule has 1 fully saturated rings. The van der Waals surface area contributed by atoms with Crippen molar-refractivity contribution in [2.45, 2.75) is 27.7 Å². The van der Waals surface area contributed by atoms with E-state index in [2.05, 4.69) is 33.8 Å². The first-order chi connectivity index (χ1) is 9.34. The fraction of sp³-hybridized carbons (Fsp3) is 0.471. The van der Waals surface area contributed by atoms with Gasteiger partial charge < -0.3 is 4.74 Å². The summed E-state index contributed by atoms with van der Waals surface area (Å²) >= 11 is 5.99. The molecular weight excluding hydrogens is 272 g/mol. The molecule has 20 heavy (non-hydrogen) atoms. The molecule has 0 radical (unpaired) electrons. The van der Waals surface area contributed by atoms with Gasteiger partial charge in [-0.3, -0.25) is 0 Å². The molecule has 1 aromatic rings. The minimum atomic E-state index is -0.339. The van der Waals surface area contributed by atoms with Crippen LogP contribution < -0.4 is 0 Å². The van der Waals surface area contributed by atoms with Crippen LogP contribution in [0.25, 0.3) is 0 Å². The number of rotatable bonds is 4. The van der Waals surface area contributed by atoms with E-state index in [1.807, 2.05) is 0 Å². The predicted molar refractivity (Wildman–Crippen MR) is 81.9 cm³/mol. The van der Waals surface area contributed by atoms with E-state index in [0.29, 0.717) is 29.0 Å². The monoisotopic (exact) mass is 292 g/mol. The first-order valence-electron chi connectivity index (χ1n) is 6.90. The molecule has 0 aromatic heterocycles. The first kappa shape index (κ1) is 15.1. The number of hydrogen-bond donors (Lipinski definition) is 0. The lowest BCUT2D eigenvalue weighted by atomic mass is 10.1. The summed E-state index contributed by atoms with van der Waals surface area (Å²) in [5.74, 6) is 0.546. The molecule has 0 aliphatic heterocycles. The second-order valence-electron chi connectivity index (χ2n) is 6.28. The summed E-state index contributed by atoms with van der Waals surface area (Å²) in [5.41, 5.74) is 1.95. The third kappa shape index (κ3) is 3.06. The summed E-state index contributed by atoms with van der Waals surface area (Å²) in [5, 5.41) is 0.438. The van der Waals surface area contributed by atoms with E-state index in [4.69, 9.17) is 16.3 Å². The normalized spacial score (nSPS) is 23.1. The Morgan fingerprint density at radius 3 is 2.60 bits per heavy atom. The van der Waals surface area contributed by atoms with Gasteiger partial charge >= 0.3 is 5.97 Å². The zero-order valence-electron chi connectivity index (χ0n) is 12.4. The quantitative estimate of drug-likeness (QED) is 0.592. The maximum atomic E-state index is 12.0. The molecule has 1 aliphatic carbocycles. The van der Waals surface area contributed by atoms with Gasteiger partial charge in [-0.1, -0.05) is 49.2 Å². The van der Waals surface area contributed by atoms with E-state index in [-0.39, 0.29) is 11.4 Å². The molecule has 0 spiro atoms. The van der Waals surface area contributed by atoms with Crippen LogP contribution in [0.2, 0.25) is 5.02 Å². The number of ether oxygens (including phenoxy) is 1. The number of allylic oxidation sites excluding steroid dienone is 2. The van der Waals surface area contributed by atoms with Gasteiger partial charge in [0.25, 0.3) is 0 Å². The van der Waals surface area contributed by atoms with Gasteiger partial charge in [0.1, 0.15) is 0 Å². The van der Waals surface area contributed by atoms with Crippen LogP contribution in [0.3, 0.4) is 0 Å². The predicted octanol–water partition coefficient (Wildman–Crippen LogP) is 4.74. The van der Waals surface area contributed by atoms with Crippen molar-refractivity contribution >= 4 is 17.6 Å². The Balaban J connectivity index is 1.96. The van der Waals surface area contributed by atoms with Crippen molar-refractivity contribution in [3.05, 3.63) is 46.5 Å². The minimum absolute atomic E-state index is 0.206. The van der Waals surface area contributed by atoms with E-state index in [1.165, 1.54) is 5.57 Å². The second-order valence-corrected chi connectivity index (χ2v) is 6.68. The molecule has 1 aromatic carbocycles. The van der Waals surface area contributed by atoms with Crippen molar-refractivity contribution in [3.63, 3.8) is 0 Å². The Bertz CT molecular complexity index is 542.